The SMILES string of the molecule is CCN(CCc1ccc2c(c1)CCO2)CC1CCCCN1. The van der Waals surface area contributed by atoms with Gasteiger partial charge in [-0.3, -0.25) is 0 Å². The largest absolute Gasteiger partial charge is 0.493 e. The number of hydrogen-bond donors (Lipinski definition) is 1. The molecule has 1 aromatic carbocycles. The smallest absolute Gasteiger partial charge is 0.122 e. The fourth-order valence-corrected chi connectivity index (χ4v) is 3.45. The number of fused-ring (bicyclic) bond motifs is 1. The molecule has 3 rings (SSSR count). The molecule has 2 aliphatic heterocycles. The van der Waals surface area contributed by atoms with E-state index in [0.29, 0.717) is 6.04 Å². The van der Waals surface area contributed by atoms with Crippen LogP contribution in [0.25, 0.3) is 0 Å². The normalized spacial score (nSPS) is 21.3. The van der Waals surface area contributed by atoms with Gasteiger partial charge in [-0.2, -0.15) is 0 Å². The lowest BCUT2D eigenvalue weighted by atomic mass is 10.0. The van der Waals surface area contributed by atoms with Crippen LogP contribution in [0.1, 0.15) is 37.3 Å². The van der Waals surface area contributed by atoms with Crippen molar-refractivity contribution in [2.75, 3.05) is 32.8 Å². The molecule has 1 fully saturated rings. The van der Waals surface area contributed by atoms with Crippen LogP contribution in [0.2, 0.25) is 0 Å². The molecule has 0 amide bonds. The van der Waals surface area contributed by atoms with E-state index in [1.807, 2.05) is 0 Å². The van der Waals surface area contributed by atoms with Crippen molar-refractivity contribution in [1.82, 2.24) is 10.2 Å². The molecule has 0 saturated carbocycles. The van der Waals surface area contributed by atoms with Gasteiger partial charge in [0, 0.05) is 25.6 Å². The molecule has 1 N–H and O–H groups in total. The van der Waals surface area contributed by atoms with Crippen LogP contribution in [-0.2, 0) is 12.8 Å². The van der Waals surface area contributed by atoms with Gasteiger partial charge in [0.15, 0.2) is 0 Å². The van der Waals surface area contributed by atoms with Crippen molar-refractivity contribution in [1.29, 1.82) is 0 Å². The third-order valence-electron chi connectivity index (χ3n) is 4.81. The van der Waals surface area contributed by atoms with Gasteiger partial charge in [0.05, 0.1) is 6.61 Å². The second-order valence-corrected chi connectivity index (χ2v) is 6.33. The number of rotatable bonds is 6. The Hall–Kier alpha value is -1.06. The second kappa shape index (κ2) is 7.28. The Kier molecular flexibility index (Phi) is 5.15. The summed E-state index contributed by atoms with van der Waals surface area (Å²) in [5.74, 6) is 1.09. The first-order valence-corrected chi connectivity index (χ1v) is 8.55. The Morgan fingerprint density at radius 3 is 3.10 bits per heavy atom. The van der Waals surface area contributed by atoms with Crippen LogP contribution in [0, 0.1) is 0 Å². The standard InChI is InChI=1S/C18H28N2O/c1-2-20(14-17-5-3-4-10-19-17)11-8-15-6-7-18-16(13-15)9-12-21-18/h6-7,13,17,19H,2-5,8-12,14H2,1H3. The third-order valence-corrected chi connectivity index (χ3v) is 4.81. The molecule has 116 valence electrons. The summed E-state index contributed by atoms with van der Waals surface area (Å²) in [6.45, 7) is 7.84. The molecule has 1 saturated heterocycles. The van der Waals surface area contributed by atoms with Crippen LogP contribution in [0.4, 0.5) is 0 Å². The summed E-state index contributed by atoms with van der Waals surface area (Å²) in [5, 5.41) is 3.66. The molecule has 0 bridgehead atoms. The molecule has 1 aromatic rings. The Bertz CT molecular complexity index is 455. The van der Waals surface area contributed by atoms with Gasteiger partial charge in [0.25, 0.3) is 0 Å². The third kappa shape index (κ3) is 3.98. The lowest BCUT2D eigenvalue weighted by molar-refractivity contribution is 0.235. The average molecular weight is 288 g/mol. The summed E-state index contributed by atoms with van der Waals surface area (Å²) < 4.78 is 5.58. The van der Waals surface area contributed by atoms with Crippen molar-refractivity contribution in [2.45, 2.75) is 45.1 Å². The summed E-state index contributed by atoms with van der Waals surface area (Å²) in [6, 6.07) is 7.43. The number of piperidine rings is 1. The van der Waals surface area contributed by atoms with Gasteiger partial charge < -0.3 is 15.0 Å². The van der Waals surface area contributed by atoms with E-state index in [-0.39, 0.29) is 0 Å². The van der Waals surface area contributed by atoms with E-state index in [1.54, 1.807) is 0 Å². The highest BCUT2D eigenvalue weighted by Gasteiger charge is 2.16. The Morgan fingerprint density at radius 2 is 2.29 bits per heavy atom. The number of ether oxygens (including phenoxy) is 1. The van der Waals surface area contributed by atoms with Crippen molar-refractivity contribution in [3.63, 3.8) is 0 Å². The minimum absolute atomic E-state index is 0.701. The van der Waals surface area contributed by atoms with Crippen LogP contribution in [0.5, 0.6) is 5.75 Å². The van der Waals surface area contributed by atoms with Gasteiger partial charge in [-0.25, -0.2) is 0 Å². The lowest BCUT2D eigenvalue weighted by Gasteiger charge is -2.30. The van der Waals surface area contributed by atoms with Gasteiger partial charge in [0.1, 0.15) is 5.75 Å². The predicted molar refractivity (Wildman–Crippen MR) is 87.1 cm³/mol. The van der Waals surface area contributed by atoms with Crippen LogP contribution in [0.3, 0.4) is 0 Å². The number of nitrogens with one attached hydrogen (secondary N) is 1. The van der Waals surface area contributed by atoms with Crippen molar-refractivity contribution in [3.05, 3.63) is 29.3 Å². The van der Waals surface area contributed by atoms with E-state index in [0.717, 1.165) is 38.3 Å². The number of likely N-dealkylation sites (N-methyl/N-ethyl adjacent to an activating group) is 1. The Morgan fingerprint density at radius 1 is 1.33 bits per heavy atom. The Balaban J connectivity index is 1.50. The van der Waals surface area contributed by atoms with Crippen LogP contribution in [0.15, 0.2) is 18.2 Å². The zero-order chi connectivity index (χ0) is 14.5. The van der Waals surface area contributed by atoms with E-state index in [9.17, 15) is 0 Å². The maximum atomic E-state index is 5.58. The highest BCUT2D eigenvalue weighted by atomic mass is 16.5. The first-order chi connectivity index (χ1) is 10.3. The van der Waals surface area contributed by atoms with Gasteiger partial charge in [-0.15, -0.1) is 0 Å². The average Bonchev–Trinajstić information content (AvgIpc) is 3.00. The highest BCUT2D eigenvalue weighted by Crippen LogP contribution is 2.26. The summed E-state index contributed by atoms with van der Waals surface area (Å²) in [5.41, 5.74) is 2.85. The van der Waals surface area contributed by atoms with Gasteiger partial charge >= 0.3 is 0 Å². The maximum Gasteiger partial charge on any atom is 0.122 e. The molecule has 0 aliphatic carbocycles. The van der Waals surface area contributed by atoms with Crippen molar-refractivity contribution in [2.24, 2.45) is 0 Å². The minimum Gasteiger partial charge on any atom is -0.493 e. The molecule has 0 aromatic heterocycles. The van der Waals surface area contributed by atoms with Crippen LogP contribution < -0.4 is 10.1 Å². The molecule has 0 radical (unpaired) electrons. The van der Waals surface area contributed by atoms with E-state index in [2.05, 4.69) is 35.3 Å². The first-order valence-electron chi connectivity index (χ1n) is 8.55. The van der Waals surface area contributed by atoms with Crippen LogP contribution in [-0.4, -0.2) is 43.7 Å². The number of nitrogens with zero attached hydrogens (tertiary/aromatic N) is 1. The van der Waals surface area contributed by atoms with Crippen molar-refractivity contribution < 1.29 is 4.74 Å². The second-order valence-electron chi connectivity index (χ2n) is 6.33. The van der Waals surface area contributed by atoms with Gasteiger partial charge in [0.2, 0.25) is 0 Å². The van der Waals surface area contributed by atoms with Crippen LogP contribution >= 0.6 is 0 Å². The lowest BCUT2D eigenvalue weighted by Crippen LogP contribution is -2.44. The molecule has 3 nitrogen and oxygen atoms in total. The molecule has 1 unspecified atom stereocenters. The summed E-state index contributed by atoms with van der Waals surface area (Å²) in [6.07, 6.45) is 6.30. The molecular formula is C18H28N2O. The van der Waals surface area contributed by atoms with Gasteiger partial charge in [-0.1, -0.05) is 25.5 Å². The van der Waals surface area contributed by atoms with E-state index in [4.69, 9.17) is 4.74 Å². The Labute approximate surface area is 128 Å². The summed E-state index contributed by atoms with van der Waals surface area (Å²) in [7, 11) is 0. The highest BCUT2D eigenvalue weighted by molar-refractivity contribution is 5.39. The quantitative estimate of drug-likeness (QED) is 0.871. The fraction of sp³-hybridized carbons (Fsp3) is 0.667. The van der Waals surface area contributed by atoms with Crippen molar-refractivity contribution in [3.8, 4) is 5.75 Å². The number of hydrogen-bond acceptors (Lipinski definition) is 3. The molecule has 3 heteroatoms. The molecule has 1 atom stereocenters. The predicted octanol–water partition coefficient (Wildman–Crippen LogP) is 2.63. The topological polar surface area (TPSA) is 24.5 Å². The molecule has 2 aliphatic rings. The van der Waals surface area contributed by atoms with E-state index in [1.165, 1.54) is 43.5 Å². The fourth-order valence-electron chi connectivity index (χ4n) is 3.45. The number of benzene rings is 1. The molecule has 2 heterocycles. The maximum absolute atomic E-state index is 5.58. The van der Waals surface area contributed by atoms with E-state index < -0.39 is 0 Å². The molecule has 21 heavy (non-hydrogen) atoms. The van der Waals surface area contributed by atoms with E-state index >= 15 is 0 Å². The molecule has 0 spiro atoms. The first kappa shape index (κ1) is 14.9. The van der Waals surface area contributed by atoms with Crippen molar-refractivity contribution >= 4 is 0 Å². The molecular weight excluding hydrogens is 260 g/mol. The zero-order valence-corrected chi connectivity index (χ0v) is 13.2. The zero-order valence-electron chi connectivity index (χ0n) is 13.2. The minimum atomic E-state index is 0.701. The monoisotopic (exact) mass is 288 g/mol. The summed E-state index contributed by atoms with van der Waals surface area (Å²) in [4.78, 5) is 2.59. The van der Waals surface area contributed by atoms with Gasteiger partial charge in [-0.05, 0) is 49.5 Å². The summed E-state index contributed by atoms with van der Waals surface area (Å²) >= 11 is 0.